The Bertz CT molecular complexity index is 602. The van der Waals surface area contributed by atoms with Crippen molar-refractivity contribution in [2.45, 2.75) is 0 Å². The molecule has 0 aliphatic carbocycles. The number of ether oxygens (including phenoxy) is 1. The molecule has 0 saturated heterocycles. The average Bonchev–Trinajstić information content (AvgIpc) is 2.41. The van der Waals surface area contributed by atoms with Gasteiger partial charge in [-0.3, -0.25) is 0 Å². The number of benzene rings is 2. The largest absolute Gasteiger partial charge is 0.497 e. The van der Waals surface area contributed by atoms with Crippen molar-refractivity contribution in [1.29, 1.82) is 5.26 Å². The summed E-state index contributed by atoms with van der Waals surface area (Å²) >= 11 is 0. The number of nitriles is 1. The molecule has 0 aliphatic heterocycles. The number of hydrogen-bond acceptors (Lipinski definition) is 4. The number of nitrogens with two attached hydrogens (primary N) is 1. The minimum Gasteiger partial charge on any atom is -0.497 e. The summed E-state index contributed by atoms with van der Waals surface area (Å²) in [7, 11) is 1.60. The van der Waals surface area contributed by atoms with Gasteiger partial charge in [0, 0.05) is 11.8 Å². The molecule has 2 aromatic carbocycles. The number of methoxy groups -OCH3 is 1. The molecular weight excluding hydrogens is 226 g/mol. The van der Waals surface area contributed by atoms with Gasteiger partial charge in [-0.1, -0.05) is 6.07 Å². The first kappa shape index (κ1) is 11.8. The Balaban J connectivity index is 2.30. The lowest BCUT2D eigenvalue weighted by Crippen LogP contribution is -1.97. The number of nitrogens with one attached hydrogen (secondary N) is 1. The standard InChI is InChI=1S/C14H13N3O/c1-18-12-5-6-13(16)14(8-12)17-11-4-2-3-10(7-11)9-15/h2-8,17H,16H2,1H3. The quantitative estimate of drug-likeness (QED) is 0.808. The second-order valence-corrected chi connectivity index (χ2v) is 3.77. The SMILES string of the molecule is COc1ccc(N)c(Nc2cccc(C#N)c2)c1. The molecule has 0 fully saturated rings. The molecule has 0 heterocycles. The zero-order valence-corrected chi connectivity index (χ0v) is 9.97. The molecular formula is C14H13N3O. The molecule has 0 spiro atoms. The Morgan fingerprint density at radius 2 is 2.06 bits per heavy atom. The molecule has 0 atom stereocenters. The highest BCUT2D eigenvalue weighted by molar-refractivity contribution is 5.74. The zero-order chi connectivity index (χ0) is 13.0. The van der Waals surface area contributed by atoms with Crippen molar-refractivity contribution in [2.24, 2.45) is 0 Å². The fraction of sp³-hybridized carbons (Fsp3) is 0.0714. The molecule has 0 radical (unpaired) electrons. The van der Waals surface area contributed by atoms with Crippen molar-refractivity contribution in [2.75, 3.05) is 18.2 Å². The van der Waals surface area contributed by atoms with Crippen LogP contribution in [0.25, 0.3) is 0 Å². The molecule has 0 aliphatic rings. The maximum atomic E-state index is 8.84. The van der Waals surface area contributed by atoms with Crippen LogP contribution >= 0.6 is 0 Å². The van der Waals surface area contributed by atoms with Crippen LogP contribution in [0.4, 0.5) is 17.1 Å². The normalized spacial score (nSPS) is 9.56. The van der Waals surface area contributed by atoms with E-state index in [2.05, 4.69) is 11.4 Å². The van der Waals surface area contributed by atoms with Gasteiger partial charge in [0.25, 0.3) is 0 Å². The summed E-state index contributed by atoms with van der Waals surface area (Å²) in [5, 5.41) is 12.0. The summed E-state index contributed by atoms with van der Waals surface area (Å²) in [5.41, 5.74) is 8.67. The highest BCUT2D eigenvalue weighted by atomic mass is 16.5. The van der Waals surface area contributed by atoms with Gasteiger partial charge in [0.15, 0.2) is 0 Å². The van der Waals surface area contributed by atoms with Gasteiger partial charge >= 0.3 is 0 Å². The Hall–Kier alpha value is -2.67. The fourth-order valence-electron chi connectivity index (χ4n) is 1.59. The second-order valence-electron chi connectivity index (χ2n) is 3.77. The third-order valence-corrected chi connectivity index (χ3v) is 2.53. The third-order valence-electron chi connectivity index (χ3n) is 2.53. The monoisotopic (exact) mass is 239 g/mol. The number of anilines is 3. The van der Waals surface area contributed by atoms with Crippen molar-refractivity contribution in [3.8, 4) is 11.8 Å². The molecule has 4 nitrogen and oxygen atoms in total. The molecule has 18 heavy (non-hydrogen) atoms. The molecule has 0 bridgehead atoms. The zero-order valence-electron chi connectivity index (χ0n) is 9.97. The molecule has 0 aromatic heterocycles. The number of nitrogens with zero attached hydrogens (tertiary/aromatic N) is 1. The summed E-state index contributed by atoms with van der Waals surface area (Å²) in [6, 6.07) is 14.7. The van der Waals surface area contributed by atoms with Crippen LogP contribution in [0.1, 0.15) is 5.56 Å². The van der Waals surface area contributed by atoms with E-state index in [4.69, 9.17) is 15.7 Å². The van der Waals surface area contributed by atoms with Crippen LogP contribution in [0.3, 0.4) is 0 Å². The van der Waals surface area contributed by atoms with E-state index >= 15 is 0 Å². The third kappa shape index (κ3) is 2.53. The van der Waals surface area contributed by atoms with E-state index in [1.54, 1.807) is 31.4 Å². The van der Waals surface area contributed by atoms with Crippen LogP contribution in [0, 0.1) is 11.3 Å². The van der Waals surface area contributed by atoms with Gasteiger partial charge in [-0.05, 0) is 30.3 Å². The topological polar surface area (TPSA) is 71.1 Å². The Morgan fingerprint density at radius 3 is 2.78 bits per heavy atom. The molecule has 3 N–H and O–H groups in total. The predicted molar refractivity (Wildman–Crippen MR) is 71.8 cm³/mol. The lowest BCUT2D eigenvalue weighted by atomic mass is 10.2. The van der Waals surface area contributed by atoms with Gasteiger partial charge in [-0.2, -0.15) is 5.26 Å². The van der Waals surface area contributed by atoms with Gasteiger partial charge in [0.05, 0.1) is 30.1 Å². The highest BCUT2D eigenvalue weighted by Crippen LogP contribution is 2.27. The molecule has 0 saturated carbocycles. The van der Waals surface area contributed by atoms with Crippen LogP contribution in [-0.4, -0.2) is 7.11 Å². The van der Waals surface area contributed by atoms with Gasteiger partial charge in [-0.25, -0.2) is 0 Å². The van der Waals surface area contributed by atoms with E-state index in [-0.39, 0.29) is 0 Å². The molecule has 0 amide bonds. The Morgan fingerprint density at radius 1 is 1.22 bits per heavy atom. The average molecular weight is 239 g/mol. The lowest BCUT2D eigenvalue weighted by molar-refractivity contribution is 0.415. The minimum atomic E-state index is 0.599. The predicted octanol–water partition coefficient (Wildman–Crippen LogP) is 2.89. The van der Waals surface area contributed by atoms with Crippen molar-refractivity contribution < 1.29 is 4.74 Å². The molecule has 4 heteroatoms. The first-order chi connectivity index (χ1) is 8.72. The number of rotatable bonds is 3. The summed E-state index contributed by atoms with van der Waals surface area (Å²) in [4.78, 5) is 0. The maximum absolute atomic E-state index is 8.84. The smallest absolute Gasteiger partial charge is 0.121 e. The lowest BCUT2D eigenvalue weighted by Gasteiger charge is -2.11. The van der Waals surface area contributed by atoms with E-state index in [0.717, 1.165) is 17.1 Å². The molecule has 90 valence electrons. The minimum absolute atomic E-state index is 0.599. The molecule has 2 aromatic rings. The summed E-state index contributed by atoms with van der Waals surface area (Å²) < 4.78 is 5.14. The van der Waals surface area contributed by atoms with Crippen LogP contribution in [0.15, 0.2) is 42.5 Å². The molecule has 0 unspecified atom stereocenters. The van der Waals surface area contributed by atoms with Crippen molar-refractivity contribution in [3.05, 3.63) is 48.0 Å². The van der Waals surface area contributed by atoms with Crippen molar-refractivity contribution >= 4 is 17.1 Å². The first-order valence-electron chi connectivity index (χ1n) is 5.43. The van der Waals surface area contributed by atoms with Crippen molar-refractivity contribution in [3.63, 3.8) is 0 Å². The highest BCUT2D eigenvalue weighted by Gasteiger charge is 2.02. The van der Waals surface area contributed by atoms with Crippen LogP contribution in [-0.2, 0) is 0 Å². The van der Waals surface area contributed by atoms with E-state index in [9.17, 15) is 0 Å². The number of nitrogen functional groups attached to an aromatic ring is 1. The molecule has 2 rings (SSSR count). The Labute approximate surface area is 106 Å². The van der Waals surface area contributed by atoms with Gasteiger partial charge in [-0.15, -0.1) is 0 Å². The summed E-state index contributed by atoms with van der Waals surface area (Å²) in [5.74, 6) is 0.725. The van der Waals surface area contributed by atoms with Gasteiger partial charge in [0.2, 0.25) is 0 Å². The van der Waals surface area contributed by atoms with Gasteiger partial charge in [0.1, 0.15) is 5.75 Å². The van der Waals surface area contributed by atoms with E-state index < -0.39 is 0 Å². The maximum Gasteiger partial charge on any atom is 0.121 e. The van der Waals surface area contributed by atoms with Crippen LogP contribution in [0.2, 0.25) is 0 Å². The summed E-state index contributed by atoms with van der Waals surface area (Å²) in [6.45, 7) is 0. The van der Waals surface area contributed by atoms with E-state index in [1.165, 1.54) is 0 Å². The first-order valence-corrected chi connectivity index (χ1v) is 5.43. The van der Waals surface area contributed by atoms with E-state index in [1.807, 2.05) is 18.2 Å². The number of hydrogen-bond donors (Lipinski definition) is 2. The van der Waals surface area contributed by atoms with E-state index in [0.29, 0.717) is 11.3 Å². The van der Waals surface area contributed by atoms with Crippen LogP contribution in [0.5, 0.6) is 5.75 Å². The van der Waals surface area contributed by atoms with Crippen molar-refractivity contribution in [1.82, 2.24) is 0 Å². The summed E-state index contributed by atoms with van der Waals surface area (Å²) in [6.07, 6.45) is 0. The van der Waals surface area contributed by atoms with Crippen LogP contribution < -0.4 is 15.8 Å². The Kier molecular flexibility index (Phi) is 3.35. The fourth-order valence-corrected chi connectivity index (χ4v) is 1.59. The van der Waals surface area contributed by atoms with Gasteiger partial charge < -0.3 is 15.8 Å². The second kappa shape index (κ2) is 5.11.